The van der Waals surface area contributed by atoms with Crippen LogP contribution in [0, 0.1) is 11.3 Å². The molecule has 0 bridgehead atoms. The Bertz CT molecular complexity index is 810. The van der Waals surface area contributed by atoms with Gasteiger partial charge in [0.2, 0.25) is 0 Å². The third kappa shape index (κ3) is 3.89. The first kappa shape index (κ1) is 17.9. The van der Waals surface area contributed by atoms with Crippen LogP contribution in [0.5, 0.6) is 0 Å². The predicted octanol–water partition coefficient (Wildman–Crippen LogP) is 3.61. The zero-order valence-electron chi connectivity index (χ0n) is 12.8. The highest BCUT2D eigenvalue weighted by atomic mass is 35.5. The number of hydrogen-bond acceptors (Lipinski definition) is 8. The maximum Gasteiger partial charge on any atom is 0.343 e. The molecule has 0 radical (unpaired) electrons. The smallest absolute Gasteiger partial charge is 0.343 e. The molecule has 0 amide bonds. The number of pyridine rings is 1. The van der Waals surface area contributed by atoms with Gasteiger partial charge in [-0.2, -0.15) is 9.73 Å². The van der Waals surface area contributed by atoms with E-state index in [2.05, 4.69) is 10.3 Å². The Labute approximate surface area is 147 Å². The van der Waals surface area contributed by atoms with E-state index >= 15 is 0 Å². The number of aromatic nitrogens is 1. The monoisotopic (exact) mass is 364 g/mol. The lowest BCUT2D eigenvalue weighted by molar-refractivity contribution is 0.0601. The number of anilines is 3. The van der Waals surface area contributed by atoms with E-state index in [4.69, 9.17) is 16.3 Å². The summed E-state index contributed by atoms with van der Waals surface area (Å²) in [4.78, 5) is 16.1. The molecule has 1 aromatic carbocycles. The Balaban J connectivity index is 2.48. The van der Waals surface area contributed by atoms with Gasteiger partial charge in [0.1, 0.15) is 22.6 Å². The van der Waals surface area contributed by atoms with Gasteiger partial charge in [-0.25, -0.2) is 9.78 Å². The first-order valence-corrected chi connectivity index (χ1v) is 8.15. The van der Waals surface area contributed by atoms with E-state index in [9.17, 15) is 15.3 Å². The van der Waals surface area contributed by atoms with E-state index in [1.54, 1.807) is 30.5 Å². The second-order valence-electron chi connectivity index (χ2n) is 4.45. The van der Waals surface area contributed by atoms with Gasteiger partial charge >= 0.3 is 5.97 Å². The van der Waals surface area contributed by atoms with Crippen LogP contribution in [0.1, 0.15) is 15.9 Å². The van der Waals surface area contributed by atoms with Gasteiger partial charge in [0, 0.05) is 11.9 Å². The van der Waals surface area contributed by atoms with Crippen molar-refractivity contribution >= 4 is 46.7 Å². The number of benzene rings is 1. The van der Waals surface area contributed by atoms with Crippen LogP contribution in [0.25, 0.3) is 0 Å². The summed E-state index contributed by atoms with van der Waals surface area (Å²) in [7, 11) is 1.21. The Hall–Kier alpha value is -2.47. The minimum atomic E-state index is -0.706. The average Bonchev–Trinajstić information content (AvgIpc) is 2.60. The molecule has 2 aromatic rings. The number of nitrogens with one attached hydrogen (secondary N) is 1. The lowest BCUT2D eigenvalue weighted by atomic mass is 10.1. The number of nitrogens with zero attached hydrogens (tertiary/aromatic N) is 3. The number of carbonyl (C=O) groups is 1. The number of nitriles is 1. The summed E-state index contributed by atoms with van der Waals surface area (Å²) in [5.74, 6) is -0.612. The Kier molecular flexibility index (Phi) is 5.87. The fourth-order valence-electron chi connectivity index (χ4n) is 1.95. The van der Waals surface area contributed by atoms with Crippen molar-refractivity contribution in [1.29, 1.82) is 5.26 Å². The van der Waals surface area contributed by atoms with Gasteiger partial charge < -0.3 is 10.1 Å². The second kappa shape index (κ2) is 7.88. The molecule has 1 aromatic heterocycles. The minimum absolute atomic E-state index is 0.0134. The van der Waals surface area contributed by atoms with Crippen molar-refractivity contribution in [2.24, 2.45) is 0 Å². The summed E-state index contributed by atoms with van der Waals surface area (Å²) in [6.45, 7) is 0. The highest BCUT2D eigenvalue weighted by Crippen LogP contribution is 2.28. The topological polar surface area (TPSA) is 98.5 Å². The first-order chi connectivity index (χ1) is 11.5. The van der Waals surface area contributed by atoms with Crippen molar-refractivity contribution in [3.05, 3.63) is 46.6 Å². The van der Waals surface area contributed by atoms with Crippen molar-refractivity contribution in [2.45, 2.75) is 0 Å². The molecule has 0 aliphatic carbocycles. The molecule has 0 aliphatic rings. The second-order valence-corrected chi connectivity index (χ2v) is 5.55. The lowest BCUT2D eigenvalue weighted by Crippen LogP contribution is -2.11. The van der Waals surface area contributed by atoms with Crippen LogP contribution < -0.4 is 9.79 Å². The van der Waals surface area contributed by atoms with Gasteiger partial charge in [0.25, 0.3) is 0 Å². The van der Waals surface area contributed by atoms with Crippen molar-refractivity contribution in [3.8, 4) is 6.07 Å². The van der Waals surface area contributed by atoms with E-state index in [0.29, 0.717) is 11.4 Å². The molecule has 0 spiro atoms. The van der Waals surface area contributed by atoms with E-state index in [0.717, 1.165) is 16.4 Å². The molecule has 0 atom stereocenters. The Morgan fingerprint density at radius 2 is 2.25 bits per heavy atom. The van der Waals surface area contributed by atoms with Gasteiger partial charge in [-0.3, -0.25) is 5.21 Å². The quantitative estimate of drug-likeness (QED) is 0.359. The minimum Gasteiger partial charge on any atom is -0.465 e. The summed E-state index contributed by atoms with van der Waals surface area (Å²) in [5.41, 5.74) is 1.10. The lowest BCUT2D eigenvalue weighted by Gasteiger charge is -2.15. The molecule has 0 fully saturated rings. The van der Waals surface area contributed by atoms with Gasteiger partial charge in [0.05, 0.1) is 18.4 Å². The molecule has 0 aliphatic heterocycles. The predicted molar refractivity (Wildman–Crippen MR) is 92.8 cm³/mol. The molecule has 0 saturated carbocycles. The number of esters is 1. The highest BCUT2D eigenvalue weighted by Gasteiger charge is 2.20. The summed E-state index contributed by atoms with van der Waals surface area (Å²) in [5, 5.41) is 21.9. The fraction of sp³-hybridized carbons (Fsp3) is 0.133. The number of hydrogen-bond donors (Lipinski definition) is 2. The molecule has 9 heteroatoms. The maximum absolute atomic E-state index is 12.0. The van der Waals surface area contributed by atoms with Crippen LogP contribution >= 0.6 is 23.5 Å². The summed E-state index contributed by atoms with van der Waals surface area (Å²) in [6.07, 6.45) is 1.72. The van der Waals surface area contributed by atoms with Crippen LogP contribution in [0.2, 0.25) is 5.15 Å². The SMILES string of the molecule is COC(=O)c1c(C#N)cc(Cl)nc1Nc1cccc(N(O)SC)c1. The molecule has 7 nitrogen and oxygen atoms in total. The van der Waals surface area contributed by atoms with Gasteiger partial charge in [-0.1, -0.05) is 17.7 Å². The van der Waals surface area contributed by atoms with Crippen molar-refractivity contribution in [1.82, 2.24) is 4.98 Å². The molecule has 24 heavy (non-hydrogen) atoms. The molecule has 124 valence electrons. The van der Waals surface area contributed by atoms with Crippen LogP contribution in [0.15, 0.2) is 30.3 Å². The number of halogens is 1. The fourth-order valence-corrected chi connectivity index (χ4v) is 2.46. The summed E-state index contributed by atoms with van der Waals surface area (Å²) in [6, 6.07) is 9.97. The summed E-state index contributed by atoms with van der Waals surface area (Å²) < 4.78 is 5.70. The van der Waals surface area contributed by atoms with Crippen LogP contribution in [-0.2, 0) is 4.74 Å². The van der Waals surface area contributed by atoms with Gasteiger partial charge in [0.15, 0.2) is 0 Å². The molecule has 2 N–H and O–H groups in total. The van der Waals surface area contributed by atoms with Gasteiger partial charge in [-0.15, -0.1) is 0 Å². The zero-order valence-corrected chi connectivity index (χ0v) is 14.4. The van der Waals surface area contributed by atoms with Crippen LogP contribution in [0.3, 0.4) is 0 Å². The number of methoxy groups -OCH3 is 1. The van der Waals surface area contributed by atoms with E-state index in [1.165, 1.54) is 13.2 Å². The molecule has 2 rings (SSSR count). The Morgan fingerprint density at radius 3 is 2.88 bits per heavy atom. The third-order valence-electron chi connectivity index (χ3n) is 3.00. The van der Waals surface area contributed by atoms with Gasteiger partial charge in [-0.05, 0) is 36.2 Å². The summed E-state index contributed by atoms with van der Waals surface area (Å²) >= 11 is 7.03. The molecule has 0 unspecified atom stereocenters. The third-order valence-corrected chi connectivity index (χ3v) is 3.75. The molecule has 1 heterocycles. The highest BCUT2D eigenvalue weighted by molar-refractivity contribution is 7.99. The van der Waals surface area contributed by atoms with E-state index < -0.39 is 5.97 Å². The largest absolute Gasteiger partial charge is 0.465 e. The number of rotatable bonds is 5. The van der Waals surface area contributed by atoms with Crippen LogP contribution in [0.4, 0.5) is 17.2 Å². The van der Waals surface area contributed by atoms with E-state index in [1.807, 2.05) is 6.07 Å². The van der Waals surface area contributed by atoms with E-state index in [-0.39, 0.29) is 22.1 Å². The normalized spacial score (nSPS) is 9.96. The Morgan fingerprint density at radius 1 is 1.50 bits per heavy atom. The van der Waals surface area contributed by atoms with Crippen LogP contribution in [-0.4, -0.2) is 29.5 Å². The average molecular weight is 365 g/mol. The first-order valence-electron chi connectivity index (χ1n) is 6.59. The zero-order chi connectivity index (χ0) is 17.7. The number of carbonyl (C=O) groups excluding carboxylic acids is 1. The molecular weight excluding hydrogens is 352 g/mol. The van der Waals surface area contributed by atoms with Crippen molar-refractivity contribution < 1.29 is 14.7 Å². The van der Waals surface area contributed by atoms with Crippen molar-refractivity contribution in [3.63, 3.8) is 0 Å². The standard InChI is InChI=1S/C15H13ClN4O3S/c1-23-15(21)13-9(8-17)6-12(16)19-14(13)18-10-4-3-5-11(7-10)20(22)24-2/h3-7,22H,1-2H3,(H,18,19). The maximum atomic E-state index is 12.0. The number of ether oxygens (including phenoxy) is 1. The van der Waals surface area contributed by atoms with Crippen molar-refractivity contribution in [2.75, 3.05) is 23.2 Å². The molecular formula is C15H13ClN4O3S. The molecule has 0 saturated heterocycles.